The Balaban J connectivity index is 1.44. The minimum Gasteiger partial charge on any atom is -0.389 e. The van der Waals surface area contributed by atoms with Crippen molar-refractivity contribution in [2.45, 2.75) is 63.0 Å². The topological polar surface area (TPSA) is 32.3 Å². The van der Waals surface area contributed by atoms with E-state index in [9.17, 15) is 5.11 Å². The molecule has 0 aromatic heterocycles. The van der Waals surface area contributed by atoms with Crippen molar-refractivity contribution >= 4 is 0 Å². The zero-order valence-corrected chi connectivity index (χ0v) is 11.9. The number of rotatable bonds is 4. The van der Waals surface area contributed by atoms with E-state index < -0.39 is 5.60 Å². The van der Waals surface area contributed by atoms with E-state index in [1.54, 1.807) is 0 Å². The summed E-state index contributed by atoms with van der Waals surface area (Å²) in [5, 5.41) is 13.9. The van der Waals surface area contributed by atoms with Crippen molar-refractivity contribution in [2.24, 2.45) is 0 Å². The third-order valence-electron chi connectivity index (χ3n) is 4.94. The summed E-state index contributed by atoms with van der Waals surface area (Å²) >= 11 is 0. The maximum absolute atomic E-state index is 10.3. The second-order valence-electron chi connectivity index (χ2n) is 6.59. The third kappa shape index (κ3) is 3.01. The molecule has 0 spiro atoms. The van der Waals surface area contributed by atoms with Gasteiger partial charge in [-0.2, -0.15) is 0 Å². The third-order valence-corrected chi connectivity index (χ3v) is 4.94. The predicted octanol–water partition coefficient (Wildman–Crippen LogP) is 3.14. The van der Waals surface area contributed by atoms with E-state index in [-0.39, 0.29) is 0 Å². The van der Waals surface area contributed by atoms with Crippen molar-refractivity contribution in [3.05, 3.63) is 35.4 Å². The lowest BCUT2D eigenvalue weighted by Gasteiger charge is -2.38. The number of benzene rings is 1. The second-order valence-corrected chi connectivity index (χ2v) is 6.59. The normalized spacial score (nSPS) is 29.2. The first kappa shape index (κ1) is 13.1. The number of hydrogen-bond donors (Lipinski definition) is 2. The first-order valence-corrected chi connectivity index (χ1v) is 7.67. The van der Waals surface area contributed by atoms with Crippen LogP contribution in [0.15, 0.2) is 24.3 Å². The van der Waals surface area contributed by atoms with E-state index in [4.69, 9.17) is 0 Å². The molecular formula is C17H25NO. The lowest BCUT2D eigenvalue weighted by atomic mass is 9.75. The maximum Gasteiger partial charge on any atom is 0.0771 e. The average molecular weight is 259 g/mol. The smallest absolute Gasteiger partial charge is 0.0771 e. The lowest BCUT2D eigenvalue weighted by molar-refractivity contribution is 0.0405. The van der Waals surface area contributed by atoms with Crippen LogP contribution in [-0.2, 0) is 0 Å². The summed E-state index contributed by atoms with van der Waals surface area (Å²) in [5.74, 6) is 0.719. The van der Waals surface area contributed by atoms with Crippen molar-refractivity contribution < 1.29 is 5.11 Å². The van der Waals surface area contributed by atoms with Crippen LogP contribution in [0.25, 0.3) is 0 Å². The minimum atomic E-state index is -0.408. The zero-order chi connectivity index (χ0) is 13.3. The zero-order valence-electron chi connectivity index (χ0n) is 11.9. The fraction of sp³-hybridized carbons (Fsp3) is 0.647. The molecule has 2 N–H and O–H groups in total. The first-order chi connectivity index (χ1) is 9.15. The van der Waals surface area contributed by atoms with E-state index in [0.29, 0.717) is 6.04 Å². The van der Waals surface area contributed by atoms with E-state index in [1.165, 1.54) is 36.8 Å². The molecule has 3 rings (SSSR count). The van der Waals surface area contributed by atoms with E-state index >= 15 is 0 Å². The van der Waals surface area contributed by atoms with Crippen molar-refractivity contribution in [3.8, 4) is 0 Å². The SMILES string of the molecule is Cc1ccc(C2CC(NCC3(O)CCCC3)C2)cc1. The van der Waals surface area contributed by atoms with E-state index in [1.807, 2.05) is 0 Å². The molecule has 0 amide bonds. The molecule has 2 aliphatic carbocycles. The van der Waals surface area contributed by atoms with Gasteiger partial charge in [0.15, 0.2) is 0 Å². The van der Waals surface area contributed by atoms with Crippen LogP contribution in [0.4, 0.5) is 0 Å². The quantitative estimate of drug-likeness (QED) is 0.870. The van der Waals surface area contributed by atoms with Gasteiger partial charge in [0, 0.05) is 12.6 Å². The Morgan fingerprint density at radius 1 is 1.16 bits per heavy atom. The van der Waals surface area contributed by atoms with E-state index in [2.05, 4.69) is 36.5 Å². The summed E-state index contributed by atoms with van der Waals surface area (Å²) in [6.07, 6.45) is 6.78. The Labute approximate surface area is 116 Å². The Hall–Kier alpha value is -0.860. The molecule has 104 valence electrons. The molecule has 2 aliphatic rings. The van der Waals surface area contributed by atoms with Gasteiger partial charge in [0.1, 0.15) is 0 Å². The van der Waals surface area contributed by atoms with Crippen molar-refractivity contribution in [2.75, 3.05) is 6.54 Å². The van der Waals surface area contributed by atoms with Crippen molar-refractivity contribution in [1.29, 1.82) is 0 Å². The molecule has 1 aromatic carbocycles. The van der Waals surface area contributed by atoms with Gasteiger partial charge < -0.3 is 10.4 Å². The van der Waals surface area contributed by atoms with Crippen molar-refractivity contribution in [1.82, 2.24) is 5.32 Å². The molecule has 0 aliphatic heterocycles. The minimum absolute atomic E-state index is 0.408. The summed E-state index contributed by atoms with van der Waals surface area (Å²) in [6, 6.07) is 9.55. The van der Waals surface area contributed by atoms with E-state index in [0.717, 1.165) is 25.3 Å². The molecule has 2 fully saturated rings. The highest BCUT2D eigenvalue weighted by Crippen LogP contribution is 2.37. The molecule has 0 unspecified atom stereocenters. The Morgan fingerprint density at radius 3 is 2.42 bits per heavy atom. The second kappa shape index (κ2) is 5.26. The highest BCUT2D eigenvalue weighted by molar-refractivity contribution is 5.26. The van der Waals surface area contributed by atoms with Crippen LogP contribution in [0.2, 0.25) is 0 Å². The summed E-state index contributed by atoms with van der Waals surface area (Å²) in [6.45, 7) is 2.93. The number of hydrogen-bond acceptors (Lipinski definition) is 2. The monoisotopic (exact) mass is 259 g/mol. The molecular weight excluding hydrogens is 234 g/mol. The molecule has 2 heteroatoms. The standard InChI is InChI=1S/C17H25NO/c1-13-4-6-14(7-5-13)15-10-16(11-15)18-12-17(19)8-2-3-9-17/h4-7,15-16,18-19H,2-3,8-12H2,1H3. The largest absolute Gasteiger partial charge is 0.389 e. The fourth-order valence-electron chi connectivity index (χ4n) is 3.44. The van der Waals surface area contributed by atoms with Crippen LogP contribution >= 0.6 is 0 Å². The first-order valence-electron chi connectivity index (χ1n) is 7.67. The highest BCUT2D eigenvalue weighted by Gasteiger charge is 2.35. The predicted molar refractivity (Wildman–Crippen MR) is 78.4 cm³/mol. The van der Waals surface area contributed by atoms with Crippen LogP contribution in [-0.4, -0.2) is 23.3 Å². The molecule has 0 bridgehead atoms. The number of nitrogens with one attached hydrogen (secondary N) is 1. The molecule has 0 saturated heterocycles. The summed E-state index contributed by atoms with van der Waals surface area (Å²) in [7, 11) is 0. The highest BCUT2D eigenvalue weighted by atomic mass is 16.3. The van der Waals surface area contributed by atoms with Gasteiger partial charge in [0.2, 0.25) is 0 Å². The number of aryl methyl sites for hydroxylation is 1. The van der Waals surface area contributed by atoms with Crippen LogP contribution < -0.4 is 5.32 Å². The van der Waals surface area contributed by atoms with Gasteiger partial charge in [0.05, 0.1) is 5.60 Å². The molecule has 2 nitrogen and oxygen atoms in total. The lowest BCUT2D eigenvalue weighted by Crippen LogP contribution is -2.47. The van der Waals surface area contributed by atoms with Crippen LogP contribution in [0.5, 0.6) is 0 Å². The van der Waals surface area contributed by atoms with Gasteiger partial charge in [0.25, 0.3) is 0 Å². The van der Waals surface area contributed by atoms with Gasteiger partial charge in [-0.25, -0.2) is 0 Å². The molecule has 1 aromatic rings. The van der Waals surface area contributed by atoms with Crippen LogP contribution in [0.3, 0.4) is 0 Å². The number of aliphatic hydroxyl groups is 1. The van der Waals surface area contributed by atoms with Crippen molar-refractivity contribution in [3.63, 3.8) is 0 Å². The Morgan fingerprint density at radius 2 is 1.79 bits per heavy atom. The van der Waals surface area contributed by atoms with Crippen LogP contribution in [0.1, 0.15) is 55.6 Å². The Bertz CT molecular complexity index is 413. The van der Waals surface area contributed by atoms with Gasteiger partial charge in [-0.3, -0.25) is 0 Å². The molecule has 0 radical (unpaired) electrons. The summed E-state index contributed by atoms with van der Waals surface area (Å²) in [5.41, 5.74) is 2.40. The fourth-order valence-corrected chi connectivity index (χ4v) is 3.44. The van der Waals surface area contributed by atoms with Gasteiger partial charge in [-0.05, 0) is 44.1 Å². The molecule has 0 atom stereocenters. The summed E-state index contributed by atoms with van der Waals surface area (Å²) in [4.78, 5) is 0. The maximum atomic E-state index is 10.3. The Kier molecular flexibility index (Phi) is 3.64. The van der Waals surface area contributed by atoms with Gasteiger partial charge in [-0.1, -0.05) is 42.7 Å². The average Bonchev–Trinajstić information content (AvgIpc) is 2.77. The molecule has 19 heavy (non-hydrogen) atoms. The van der Waals surface area contributed by atoms with Gasteiger partial charge in [-0.15, -0.1) is 0 Å². The van der Waals surface area contributed by atoms with Gasteiger partial charge >= 0.3 is 0 Å². The molecule has 0 heterocycles. The summed E-state index contributed by atoms with van der Waals surface area (Å²) < 4.78 is 0. The van der Waals surface area contributed by atoms with Crippen LogP contribution in [0, 0.1) is 6.92 Å². The molecule has 2 saturated carbocycles.